The van der Waals surface area contributed by atoms with Gasteiger partial charge in [0.05, 0.1) is 0 Å². The van der Waals surface area contributed by atoms with Crippen LogP contribution in [0.1, 0.15) is 33.6 Å². The SMILES string of the molecule is [BH3-]C1CC2CC(C1C)C2(C)C. The molecule has 0 spiro atoms. The maximum Gasteiger partial charge on any atom is -0.0297 e. The van der Waals surface area contributed by atoms with Gasteiger partial charge in [-0.25, -0.2) is 0 Å². The van der Waals surface area contributed by atoms with Gasteiger partial charge in [0.15, 0.2) is 0 Å². The van der Waals surface area contributed by atoms with Crippen molar-refractivity contribution in [2.24, 2.45) is 23.2 Å². The second-order valence-corrected chi connectivity index (χ2v) is 4.69. The van der Waals surface area contributed by atoms with Crippen LogP contribution >= 0.6 is 0 Å². The first kappa shape index (κ1) is 7.70. The largest absolute Gasteiger partial charge is 0.172 e. The fourth-order valence-corrected chi connectivity index (χ4v) is 2.89. The number of rotatable bonds is 0. The molecule has 0 nitrogen and oxygen atoms in total. The Balaban J connectivity index is 2.17. The van der Waals surface area contributed by atoms with Gasteiger partial charge in [0.1, 0.15) is 0 Å². The van der Waals surface area contributed by atoms with Crippen LogP contribution in [0.15, 0.2) is 0 Å². The summed E-state index contributed by atoms with van der Waals surface area (Å²) in [5, 5.41) is 0. The number of hydrogen-bond donors (Lipinski definition) is 0. The Bertz CT molecular complexity index is 174. The monoisotopic (exact) mass is 151 g/mol. The van der Waals surface area contributed by atoms with Gasteiger partial charge in [0.2, 0.25) is 0 Å². The van der Waals surface area contributed by atoms with Crippen molar-refractivity contribution in [3.8, 4) is 0 Å². The molecule has 2 bridgehead atoms. The fraction of sp³-hybridized carbons (Fsp3) is 1.00. The van der Waals surface area contributed by atoms with E-state index in [0.717, 1.165) is 23.2 Å². The average Bonchev–Trinajstić information content (AvgIpc) is 1.93. The average molecular weight is 151 g/mol. The Morgan fingerprint density at radius 1 is 1.27 bits per heavy atom. The predicted molar refractivity (Wildman–Crippen MR) is 52.8 cm³/mol. The first-order valence-electron chi connectivity index (χ1n) is 4.45. The van der Waals surface area contributed by atoms with Gasteiger partial charge < -0.3 is 0 Å². The lowest BCUT2D eigenvalue weighted by molar-refractivity contribution is -0.0979. The van der Waals surface area contributed by atoms with Crippen LogP contribution in [-0.2, 0) is 0 Å². The molecule has 0 heterocycles. The first-order chi connectivity index (χ1) is 5.03. The molecule has 3 aliphatic carbocycles. The van der Waals surface area contributed by atoms with Crippen LogP contribution in [0.25, 0.3) is 0 Å². The van der Waals surface area contributed by atoms with E-state index in [1.54, 1.807) is 12.8 Å². The molecule has 3 rings (SSSR count). The van der Waals surface area contributed by atoms with Gasteiger partial charge in [-0.1, -0.05) is 33.1 Å². The molecule has 0 aromatic carbocycles. The summed E-state index contributed by atoms with van der Waals surface area (Å²) in [7, 11) is 0.634. The van der Waals surface area contributed by atoms with E-state index in [1.165, 1.54) is 5.82 Å². The van der Waals surface area contributed by atoms with Gasteiger partial charge in [-0.3, -0.25) is 0 Å². The molecule has 4 unspecified atom stereocenters. The van der Waals surface area contributed by atoms with E-state index in [4.69, 9.17) is 0 Å². The quantitative estimate of drug-likeness (QED) is 0.463. The molecule has 3 saturated carbocycles. The van der Waals surface area contributed by atoms with Crippen LogP contribution < -0.4 is 0 Å². The van der Waals surface area contributed by atoms with Crippen LogP contribution in [0.2, 0.25) is 5.82 Å². The molecular weight excluding hydrogens is 131 g/mol. The van der Waals surface area contributed by atoms with Crippen LogP contribution in [-0.4, -0.2) is 7.85 Å². The van der Waals surface area contributed by atoms with E-state index in [9.17, 15) is 0 Å². The second-order valence-electron chi connectivity index (χ2n) is 4.69. The minimum absolute atomic E-state index is 0.634. The highest BCUT2D eigenvalue weighted by Gasteiger charge is 2.53. The lowest BCUT2D eigenvalue weighted by Crippen LogP contribution is -2.53. The van der Waals surface area contributed by atoms with Gasteiger partial charge in [-0.15, -0.1) is 0 Å². The second kappa shape index (κ2) is 2.05. The molecular formula is C10H20B-. The fourth-order valence-electron chi connectivity index (χ4n) is 2.89. The van der Waals surface area contributed by atoms with Crippen molar-refractivity contribution in [2.45, 2.75) is 39.4 Å². The molecule has 0 aromatic heterocycles. The van der Waals surface area contributed by atoms with Crippen molar-refractivity contribution in [3.05, 3.63) is 0 Å². The van der Waals surface area contributed by atoms with Crippen molar-refractivity contribution in [1.29, 1.82) is 0 Å². The summed E-state index contributed by atoms with van der Waals surface area (Å²) in [5.41, 5.74) is 0.726. The minimum atomic E-state index is 0.634. The summed E-state index contributed by atoms with van der Waals surface area (Å²) in [5.74, 6) is 4.55. The zero-order valence-corrected chi connectivity index (χ0v) is 7.22. The molecule has 4 atom stereocenters. The van der Waals surface area contributed by atoms with Gasteiger partial charge in [0.25, 0.3) is 0 Å². The Morgan fingerprint density at radius 2 is 1.91 bits per heavy atom. The highest BCUT2D eigenvalue weighted by Crippen LogP contribution is 2.63. The smallest absolute Gasteiger partial charge is 0.0297 e. The summed E-state index contributed by atoms with van der Waals surface area (Å²) in [4.78, 5) is 0. The Morgan fingerprint density at radius 3 is 2.27 bits per heavy atom. The van der Waals surface area contributed by atoms with Gasteiger partial charge in [-0.2, -0.15) is 5.82 Å². The molecule has 3 aliphatic rings. The van der Waals surface area contributed by atoms with Crippen molar-refractivity contribution in [2.75, 3.05) is 0 Å². The van der Waals surface area contributed by atoms with Crippen LogP contribution in [0.5, 0.6) is 0 Å². The predicted octanol–water partition coefficient (Wildman–Crippen LogP) is 1.84. The van der Waals surface area contributed by atoms with Gasteiger partial charge >= 0.3 is 0 Å². The lowest BCUT2D eigenvalue weighted by atomic mass is 9.41. The number of fused-ring (bicyclic) bond motifs is 2. The standard InChI is InChI=1S/C10H20B/c1-6-8-4-7(5-9(6)11)10(8,2)3/h6-9H,4-5H2,1-3,11H3/q-1. The Hall–Kier alpha value is 0.0649. The number of hydrogen-bond acceptors (Lipinski definition) is 0. The third kappa shape index (κ3) is 0.831. The molecule has 1 heteroatoms. The Labute approximate surface area is 71.2 Å². The van der Waals surface area contributed by atoms with Crippen LogP contribution in [0, 0.1) is 23.2 Å². The molecule has 0 radical (unpaired) electrons. The van der Waals surface area contributed by atoms with E-state index in [2.05, 4.69) is 20.8 Å². The van der Waals surface area contributed by atoms with Gasteiger partial charge in [0, 0.05) is 0 Å². The molecule has 0 aromatic rings. The molecule has 0 amide bonds. The van der Waals surface area contributed by atoms with Crippen molar-refractivity contribution >= 4 is 7.85 Å². The summed E-state index contributed by atoms with van der Waals surface area (Å²) >= 11 is 0. The lowest BCUT2D eigenvalue weighted by Gasteiger charge is -2.63. The van der Waals surface area contributed by atoms with E-state index in [0.29, 0.717) is 7.85 Å². The highest BCUT2D eigenvalue weighted by molar-refractivity contribution is 6.12. The van der Waals surface area contributed by atoms with E-state index in [1.807, 2.05) is 0 Å². The normalized spacial score (nSPS) is 53.5. The molecule has 0 aliphatic heterocycles. The third-order valence-electron chi connectivity index (χ3n) is 3.97. The van der Waals surface area contributed by atoms with E-state index >= 15 is 0 Å². The van der Waals surface area contributed by atoms with E-state index < -0.39 is 0 Å². The maximum atomic E-state index is 2.51. The summed E-state index contributed by atoms with van der Waals surface area (Å²) in [6.45, 7) is 7.50. The summed E-state index contributed by atoms with van der Waals surface area (Å²) < 4.78 is 0. The molecule has 64 valence electrons. The van der Waals surface area contributed by atoms with Crippen molar-refractivity contribution in [3.63, 3.8) is 0 Å². The zero-order valence-electron chi connectivity index (χ0n) is 7.22. The maximum absolute atomic E-state index is 2.51. The Kier molecular flexibility index (Phi) is 1.44. The van der Waals surface area contributed by atoms with E-state index in [-0.39, 0.29) is 0 Å². The topological polar surface area (TPSA) is 0 Å². The van der Waals surface area contributed by atoms with Crippen molar-refractivity contribution < 1.29 is 0 Å². The molecule has 11 heavy (non-hydrogen) atoms. The molecule has 0 N–H and O–H groups in total. The van der Waals surface area contributed by atoms with Crippen LogP contribution in [0.3, 0.4) is 0 Å². The van der Waals surface area contributed by atoms with Gasteiger partial charge in [-0.05, 0) is 31.5 Å². The molecule has 3 fully saturated rings. The zero-order chi connectivity index (χ0) is 8.22. The highest BCUT2D eigenvalue weighted by atomic mass is 14.6. The van der Waals surface area contributed by atoms with Crippen molar-refractivity contribution in [1.82, 2.24) is 0 Å². The third-order valence-corrected chi connectivity index (χ3v) is 3.97. The minimum Gasteiger partial charge on any atom is -0.172 e. The first-order valence-corrected chi connectivity index (χ1v) is 4.45. The summed E-state index contributed by atoms with van der Waals surface area (Å²) in [6.07, 6.45) is 3.17. The van der Waals surface area contributed by atoms with Crippen LogP contribution in [0.4, 0.5) is 0 Å². The molecule has 0 saturated heterocycles. The summed E-state index contributed by atoms with van der Waals surface area (Å²) in [6, 6.07) is 0.